The summed E-state index contributed by atoms with van der Waals surface area (Å²) in [7, 11) is 0. The van der Waals surface area contributed by atoms with Gasteiger partial charge in [-0.05, 0) is 40.0 Å². The van der Waals surface area contributed by atoms with Gasteiger partial charge in [-0.1, -0.05) is 47.0 Å². The van der Waals surface area contributed by atoms with Gasteiger partial charge in [-0.25, -0.2) is 9.18 Å². The molecule has 0 radical (unpaired) electrons. The lowest BCUT2D eigenvalue weighted by atomic mass is 10.0. The Morgan fingerprint density at radius 2 is 1.54 bits per heavy atom. The highest BCUT2D eigenvalue weighted by Gasteiger charge is 2.30. The van der Waals surface area contributed by atoms with Crippen molar-refractivity contribution in [2.75, 3.05) is 0 Å². The van der Waals surface area contributed by atoms with Crippen LogP contribution in [0.5, 0.6) is 0 Å². The molecule has 0 aliphatic heterocycles. The second-order valence-electron chi connectivity index (χ2n) is 6.36. The summed E-state index contributed by atoms with van der Waals surface area (Å²) < 4.78 is 12.6. The van der Waals surface area contributed by atoms with Crippen LogP contribution in [0.1, 0.15) is 93.4 Å². The molecule has 0 aliphatic carbocycles. The number of ketones is 2. The van der Waals surface area contributed by atoms with Gasteiger partial charge < -0.3 is 9.90 Å². The fourth-order valence-electron chi connectivity index (χ4n) is 1.64. The number of halogens is 1. The SMILES string of the molecule is CCCC(C)(F)C(=O)O.CCCC(C)C(C)=O.CCCCC(C)=O. The molecule has 2 atom stereocenters. The van der Waals surface area contributed by atoms with Gasteiger partial charge in [0.15, 0.2) is 0 Å². The average molecular weight is 348 g/mol. The van der Waals surface area contributed by atoms with Crippen LogP contribution in [0.4, 0.5) is 4.39 Å². The third kappa shape index (κ3) is 20.7. The van der Waals surface area contributed by atoms with Crippen LogP contribution in [-0.2, 0) is 14.4 Å². The van der Waals surface area contributed by atoms with Gasteiger partial charge in [0.2, 0.25) is 5.67 Å². The summed E-state index contributed by atoms with van der Waals surface area (Å²) in [6.45, 7) is 12.3. The minimum absolute atomic E-state index is 0.0856. The molecule has 1 N–H and O–H groups in total. The number of hydrogen-bond acceptors (Lipinski definition) is 3. The van der Waals surface area contributed by atoms with Gasteiger partial charge in [-0.2, -0.15) is 0 Å². The summed E-state index contributed by atoms with van der Waals surface area (Å²) in [5.74, 6) is -0.474. The van der Waals surface area contributed by atoms with Crippen LogP contribution in [0.25, 0.3) is 0 Å². The number of carbonyl (C=O) groups is 3. The zero-order valence-corrected chi connectivity index (χ0v) is 16.6. The van der Waals surface area contributed by atoms with Gasteiger partial charge in [-0.15, -0.1) is 0 Å². The van der Waals surface area contributed by atoms with E-state index in [0.717, 1.165) is 39.0 Å². The lowest BCUT2D eigenvalue weighted by Gasteiger charge is -2.11. The maximum Gasteiger partial charge on any atom is 0.341 e. The van der Waals surface area contributed by atoms with E-state index in [-0.39, 0.29) is 12.3 Å². The summed E-state index contributed by atoms with van der Waals surface area (Å²) in [6.07, 6.45) is 5.73. The monoisotopic (exact) mass is 348 g/mol. The average Bonchev–Trinajstić information content (AvgIpc) is 2.46. The summed E-state index contributed by atoms with van der Waals surface area (Å²) in [4.78, 5) is 30.8. The standard InChI is InChI=1S/C7H14O.C6H11FO2.C6H12O/c1-4-5-6(2)7(3)8;1-3-4-6(2,7)5(8)9;1-3-4-5-6(2)7/h6H,4-5H2,1-3H3;3-4H2,1-2H3,(H,8,9);3-5H2,1-2H3. The molecule has 0 rings (SSSR count). The highest BCUT2D eigenvalue weighted by Crippen LogP contribution is 2.16. The third-order valence-corrected chi connectivity index (χ3v) is 3.46. The van der Waals surface area contributed by atoms with Crippen LogP contribution < -0.4 is 0 Å². The zero-order chi connectivity index (χ0) is 19.8. The molecule has 0 fully saturated rings. The van der Waals surface area contributed by atoms with E-state index in [1.165, 1.54) is 0 Å². The first-order chi connectivity index (χ1) is 11.0. The van der Waals surface area contributed by atoms with Crippen molar-refractivity contribution in [1.82, 2.24) is 0 Å². The molecule has 24 heavy (non-hydrogen) atoms. The van der Waals surface area contributed by atoms with E-state index >= 15 is 0 Å². The van der Waals surface area contributed by atoms with Gasteiger partial charge in [0.1, 0.15) is 11.6 Å². The van der Waals surface area contributed by atoms with Crippen molar-refractivity contribution in [1.29, 1.82) is 0 Å². The largest absolute Gasteiger partial charge is 0.479 e. The quantitative estimate of drug-likeness (QED) is 0.607. The number of aliphatic carboxylic acids is 1. The predicted molar refractivity (Wildman–Crippen MR) is 97.0 cm³/mol. The number of unbranched alkanes of at least 4 members (excludes halogenated alkanes) is 1. The topological polar surface area (TPSA) is 71.4 Å². The van der Waals surface area contributed by atoms with Crippen molar-refractivity contribution >= 4 is 17.5 Å². The lowest BCUT2D eigenvalue weighted by molar-refractivity contribution is -0.150. The van der Waals surface area contributed by atoms with Gasteiger partial charge in [0.25, 0.3) is 0 Å². The van der Waals surface area contributed by atoms with Crippen molar-refractivity contribution in [2.45, 2.75) is 99.1 Å². The second kappa shape index (κ2) is 16.6. The molecule has 0 amide bonds. The molecule has 0 aromatic rings. The Morgan fingerprint density at radius 1 is 1.04 bits per heavy atom. The van der Waals surface area contributed by atoms with Gasteiger partial charge in [0, 0.05) is 12.3 Å². The first-order valence-electron chi connectivity index (χ1n) is 8.88. The normalized spacial score (nSPS) is 13.3. The Kier molecular flexibility index (Phi) is 19.1. The molecule has 0 bridgehead atoms. The second-order valence-corrected chi connectivity index (χ2v) is 6.36. The highest BCUT2D eigenvalue weighted by molar-refractivity contribution is 5.77. The number of alkyl halides is 1. The Labute approximate surface area is 147 Å². The summed E-state index contributed by atoms with van der Waals surface area (Å²) in [5, 5.41) is 8.20. The van der Waals surface area contributed by atoms with Crippen LogP contribution in [0, 0.1) is 5.92 Å². The first kappa shape index (κ1) is 27.6. The van der Waals surface area contributed by atoms with Gasteiger partial charge in [-0.3, -0.25) is 4.79 Å². The van der Waals surface area contributed by atoms with Crippen molar-refractivity contribution in [3.8, 4) is 0 Å². The van der Waals surface area contributed by atoms with Crippen molar-refractivity contribution in [3.63, 3.8) is 0 Å². The van der Waals surface area contributed by atoms with E-state index in [0.29, 0.717) is 18.0 Å². The molecular weight excluding hydrogens is 311 g/mol. The molecule has 0 saturated carbocycles. The minimum Gasteiger partial charge on any atom is -0.479 e. The van der Waals surface area contributed by atoms with Crippen LogP contribution >= 0.6 is 0 Å². The van der Waals surface area contributed by atoms with E-state index in [1.807, 2.05) is 6.92 Å². The van der Waals surface area contributed by atoms with Crippen LogP contribution in [-0.4, -0.2) is 28.3 Å². The molecule has 0 aromatic heterocycles. The minimum atomic E-state index is -2.03. The van der Waals surface area contributed by atoms with E-state index in [9.17, 15) is 18.8 Å². The van der Waals surface area contributed by atoms with E-state index in [1.54, 1.807) is 20.8 Å². The van der Waals surface area contributed by atoms with E-state index in [2.05, 4.69) is 13.8 Å². The Morgan fingerprint density at radius 3 is 1.67 bits per heavy atom. The maximum absolute atomic E-state index is 12.6. The highest BCUT2D eigenvalue weighted by atomic mass is 19.1. The first-order valence-corrected chi connectivity index (χ1v) is 8.88. The smallest absolute Gasteiger partial charge is 0.341 e. The molecule has 5 heteroatoms. The molecule has 0 aliphatic rings. The number of carboxylic acids is 1. The van der Waals surface area contributed by atoms with Crippen molar-refractivity contribution in [3.05, 3.63) is 0 Å². The molecule has 0 aromatic carbocycles. The van der Waals surface area contributed by atoms with E-state index < -0.39 is 11.6 Å². The summed E-state index contributed by atoms with van der Waals surface area (Å²) in [5.41, 5.74) is -2.03. The number of hydrogen-bond donors (Lipinski definition) is 1. The van der Waals surface area contributed by atoms with Gasteiger partial charge >= 0.3 is 5.97 Å². The van der Waals surface area contributed by atoms with Crippen molar-refractivity contribution in [2.24, 2.45) is 5.92 Å². The number of carbonyl (C=O) groups excluding carboxylic acids is 2. The van der Waals surface area contributed by atoms with Crippen LogP contribution in [0.3, 0.4) is 0 Å². The van der Waals surface area contributed by atoms with Gasteiger partial charge in [0.05, 0.1) is 0 Å². The number of Topliss-reactive ketones (excluding diaryl/α,β-unsaturated/α-hetero) is 2. The molecule has 0 saturated heterocycles. The number of rotatable bonds is 9. The Bertz CT molecular complexity index is 351. The Hall–Kier alpha value is -1.26. The molecule has 0 heterocycles. The summed E-state index contributed by atoms with van der Waals surface area (Å²) >= 11 is 0. The zero-order valence-electron chi connectivity index (χ0n) is 16.6. The summed E-state index contributed by atoms with van der Waals surface area (Å²) in [6, 6.07) is 0. The number of carboxylic acid groups (broad SMARTS) is 1. The maximum atomic E-state index is 12.6. The molecule has 4 nitrogen and oxygen atoms in total. The van der Waals surface area contributed by atoms with Crippen molar-refractivity contribution < 1.29 is 23.9 Å². The van der Waals surface area contributed by atoms with E-state index in [4.69, 9.17) is 5.11 Å². The fourth-order valence-corrected chi connectivity index (χ4v) is 1.64. The molecular formula is C19H37FO4. The predicted octanol–water partition coefficient (Wildman–Crippen LogP) is 5.38. The molecule has 2 unspecified atom stereocenters. The molecule has 0 spiro atoms. The van der Waals surface area contributed by atoms with Crippen LogP contribution in [0.15, 0.2) is 0 Å². The lowest BCUT2D eigenvalue weighted by Crippen LogP contribution is -2.29. The van der Waals surface area contributed by atoms with Crippen LogP contribution in [0.2, 0.25) is 0 Å². The third-order valence-electron chi connectivity index (χ3n) is 3.46. The molecule has 144 valence electrons. The fraction of sp³-hybridized carbons (Fsp3) is 0.842. The Balaban J connectivity index is -0.000000278.